The van der Waals surface area contributed by atoms with Crippen LogP contribution < -0.4 is 5.32 Å². The highest BCUT2D eigenvalue weighted by Gasteiger charge is 2.34. The first-order valence-electron chi connectivity index (χ1n) is 7.74. The topological polar surface area (TPSA) is 79.4 Å². The van der Waals surface area contributed by atoms with Gasteiger partial charge in [-0.15, -0.1) is 11.3 Å². The Morgan fingerprint density at radius 1 is 1.38 bits per heavy atom. The normalized spacial score (nSPS) is 19.1. The minimum absolute atomic E-state index is 0.162. The van der Waals surface area contributed by atoms with Gasteiger partial charge in [0, 0.05) is 24.2 Å². The Balaban J connectivity index is 1.71. The van der Waals surface area contributed by atoms with Crippen molar-refractivity contribution in [1.82, 2.24) is 9.29 Å². The van der Waals surface area contributed by atoms with Crippen LogP contribution in [-0.2, 0) is 14.8 Å². The summed E-state index contributed by atoms with van der Waals surface area (Å²) in [5.74, 6) is -0.514. The molecule has 0 bridgehead atoms. The summed E-state index contributed by atoms with van der Waals surface area (Å²) in [6, 6.07) is 6.94. The van der Waals surface area contributed by atoms with E-state index in [-0.39, 0.29) is 18.4 Å². The molecule has 8 heteroatoms. The van der Waals surface area contributed by atoms with Crippen LogP contribution in [-0.4, -0.2) is 36.7 Å². The highest BCUT2D eigenvalue weighted by Crippen LogP contribution is 2.28. The quantitative estimate of drug-likeness (QED) is 0.903. The van der Waals surface area contributed by atoms with Gasteiger partial charge in [0.1, 0.15) is 4.21 Å². The zero-order chi connectivity index (χ0) is 17.2. The number of piperidine rings is 1. The second-order valence-corrected chi connectivity index (χ2v) is 9.25. The van der Waals surface area contributed by atoms with Gasteiger partial charge in [-0.2, -0.15) is 4.31 Å². The highest BCUT2D eigenvalue weighted by atomic mass is 32.2. The predicted octanol–water partition coefficient (Wildman–Crippen LogP) is 2.49. The van der Waals surface area contributed by atoms with Gasteiger partial charge >= 0.3 is 0 Å². The van der Waals surface area contributed by atoms with Crippen LogP contribution in [0.5, 0.6) is 0 Å². The number of aryl methyl sites for hydroxylation is 1. The number of hydrogen-bond acceptors (Lipinski definition) is 5. The minimum Gasteiger partial charge on any atom is -0.324 e. The molecule has 1 N–H and O–H groups in total. The summed E-state index contributed by atoms with van der Waals surface area (Å²) in [5.41, 5.74) is 0.622. The van der Waals surface area contributed by atoms with Gasteiger partial charge in [0.2, 0.25) is 5.91 Å². The first kappa shape index (κ1) is 17.1. The second kappa shape index (κ2) is 7.00. The molecule has 128 valence electrons. The van der Waals surface area contributed by atoms with E-state index >= 15 is 0 Å². The Kier molecular flexibility index (Phi) is 4.98. The van der Waals surface area contributed by atoms with Gasteiger partial charge < -0.3 is 5.32 Å². The van der Waals surface area contributed by atoms with Gasteiger partial charge in [-0.3, -0.25) is 9.78 Å². The molecule has 1 aliphatic heterocycles. The molecule has 0 radical (unpaired) electrons. The lowest BCUT2D eigenvalue weighted by molar-refractivity contribution is -0.120. The number of amides is 1. The number of thiophene rings is 1. The van der Waals surface area contributed by atoms with Crippen LogP contribution in [0.25, 0.3) is 0 Å². The minimum atomic E-state index is -3.52. The van der Waals surface area contributed by atoms with Crippen molar-refractivity contribution in [2.45, 2.75) is 24.0 Å². The molecule has 24 heavy (non-hydrogen) atoms. The van der Waals surface area contributed by atoms with Gasteiger partial charge in [0.05, 0.1) is 17.8 Å². The van der Waals surface area contributed by atoms with Gasteiger partial charge in [-0.05, 0) is 44.0 Å². The second-order valence-electron chi connectivity index (χ2n) is 5.80. The fourth-order valence-electron chi connectivity index (χ4n) is 2.73. The fraction of sp³-hybridized carbons (Fsp3) is 0.375. The standard InChI is InChI=1S/C16H19N3O3S2/c1-12-6-7-15(23-12)24(21,22)19-9-3-4-13(11-19)16(20)18-14-5-2-8-17-10-14/h2,5-8,10,13H,3-4,9,11H2,1H3,(H,18,20)/t13-/m0/s1. The molecule has 3 rings (SSSR count). The number of pyridine rings is 1. The van der Waals surface area contributed by atoms with E-state index in [1.165, 1.54) is 15.6 Å². The first-order chi connectivity index (χ1) is 11.5. The first-order valence-corrected chi connectivity index (χ1v) is 10.00. The lowest BCUT2D eigenvalue weighted by Gasteiger charge is -2.30. The molecular weight excluding hydrogens is 346 g/mol. The third kappa shape index (κ3) is 3.66. The van der Waals surface area contributed by atoms with Crippen LogP contribution in [0.2, 0.25) is 0 Å². The van der Waals surface area contributed by atoms with E-state index < -0.39 is 10.0 Å². The molecule has 2 aromatic rings. The Hall–Kier alpha value is -1.77. The summed E-state index contributed by atoms with van der Waals surface area (Å²) in [6.45, 7) is 2.55. The number of anilines is 1. The fourth-order valence-corrected chi connectivity index (χ4v) is 5.70. The van der Waals surface area contributed by atoms with Crippen molar-refractivity contribution in [2.24, 2.45) is 5.92 Å². The number of aromatic nitrogens is 1. The molecule has 3 heterocycles. The third-order valence-electron chi connectivity index (χ3n) is 3.99. The van der Waals surface area contributed by atoms with Crippen molar-refractivity contribution in [3.63, 3.8) is 0 Å². The van der Waals surface area contributed by atoms with Gasteiger partial charge in [-0.1, -0.05) is 0 Å². The predicted molar refractivity (Wildman–Crippen MR) is 93.4 cm³/mol. The van der Waals surface area contributed by atoms with E-state index in [1.54, 1.807) is 36.7 Å². The molecule has 0 saturated carbocycles. The molecule has 1 saturated heterocycles. The largest absolute Gasteiger partial charge is 0.324 e. The van der Waals surface area contributed by atoms with E-state index in [9.17, 15) is 13.2 Å². The number of sulfonamides is 1. The average Bonchev–Trinajstić information content (AvgIpc) is 3.03. The van der Waals surface area contributed by atoms with Gasteiger partial charge in [-0.25, -0.2) is 8.42 Å². The van der Waals surface area contributed by atoms with Crippen LogP contribution in [0.1, 0.15) is 17.7 Å². The van der Waals surface area contributed by atoms with Crippen LogP contribution in [0.3, 0.4) is 0 Å². The summed E-state index contributed by atoms with van der Waals surface area (Å²) in [5, 5.41) is 2.81. The molecule has 6 nitrogen and oxygen atoms in total. The van der Waals surface area contributed by atoms with Crippen molar-refractivity contribution in [1.29, 1.82) is 0 Å². The molecule has 0 spiro atoms. The summed E-state index contributed by atoms with van der Waals surface area (Å²) in [4.78, 5) is 17.3. The number of rotatable bonds is 4. The maximum absolute atomic E-state index is 12.7. The SMILES string of the molecule is Cc1ccc(S(=O)(=O)N2CCC[C@H](C(=O)Nc3cccnc3)C2)s1. The molecule has 0 unspecified atom stereocenters. The van der Waals surface area contributed by atoms with E-state index in [4.69, 9.17) is 0 Å². The van der Waals surface area contributed by atoms with Gasteiger partial charge in [0.15, 0.2) is 0 Å². The van der Waals surface area contributed by atoms with E-state index in [0.717, 1.165) is 4.88 Å². The summed E-state index contributed by atoms with van der Waals surface area (Å²) < 4.78 is 27.2. The van der Waals surface area contributed by atoms with Crippen LogP contribution >= 0.6 is 11.3 Å². The summed E-state index contributed by atoms with van der Waals surface area (Å²) in [7, 11) is -3.52. The Morgan fingerprint density at radius 2 is 2.21 bits per heavy atom. The molecule has 1 fully saturated rings. The highest BCUT2D eigenvalue weighted by molar-refractivity contribution is 7.91. The summed E-state index contributed by atoms with van der Waals surface area (Å²) >= 11 is 1.26. The van der Waals surface area contributed by atoms with Crippen molar-refractivity contribution < 1.29 is 13.2 Å². The lowest BCUT2D eigenvalue weighted by Crippen LogP contribution is -2.43. The Bertz CT molecular complexity index is 818. The molecule has 1 amide bonds. The number of carbonyl (C=O) groups excluding carboxylic acids is 1. The number of hydrogen-bond donors (Lipinski definition) is 1. The maximum Gasteiger partial charge on any atom is 0.252 e. The van der Waals surface area contributed by atoms with E-state index in [0.29, 0.717) is 29.3 Å². The maximum atomic E-state index is 12.7. The van der Waals surface area contributed by atoms with Crippen molar-refractivity contribution >= 4 is 33.0 Å². The third-order valence-corrected chi connectivity index (χ3v) is 7.33. The Labute approximate surface area is 145 Å². The molecule has 0 aliphatic carbocycles. The Morgan fingerprint density at radius 3 is 2.88 bits per heavy atom. The van der Waals surface area contributed by atoms with Crippen LogP contribution in [0.4, 0.5) is 5.69 Å². The van der Waals surface area contributed by atoms with E-state index in [1.807, 2.05) is 6.92 Å². The van der Waals surface area contributed by atoms with Crippen LogP contribution in [0, 0.1) is 12.8 Å². The smallest absolute Gasteiger partial charge is 0.252 e. The summed E-state index contributed by atoms with van der Waals surface area (Å²) in [6.07, 6.45) is 4.56. The average molecular weight is 365 g/mol. The number of carbonyl (C=O) groups is 1. The molecular formula is C16H19N3O3S2. The zero-order valence-corrected chi connectivity index (χ0v) is 14.9. The van der Waals surface area contributed by atoms with Crippen molar-refractivity contribution in [3.05, 3.63) is 41.5 Å². The number of nitrogens with one attached hydrogen (secondary N) is 1. The van der Waals surface area contributed by atoms with E-state index in [2.05, 4.69) is 10.3 Å². The molecule has 0 aromatic carbocycles. The van der Waals surface area contributed by atoms with Crippen LogP contribution in [0.15, 0.2) is 40.9 Å². The van der Waals surface area contributed by atoms with Crippen molar-refractivity contribution in [2.75, 3.05) is 18.4 Å². The molecule has 1 aliphatic rings. The molecule has 2 aromatic heterocycles. The molecule has 1 atom stereocenters. The number of nitrogens with zero attached hydrogens (tertiary/aromatic N) is 2. The van der Waals surface area contributed by atoms with Crippen molar-refractivity contribution in [3.8, 4) is 0 Å². The lowest BCUT2D eigenvalue weighted by atomic mass is 9.99. The van der Waals surface area contributed by atoms with Gasteiger partial charge in [0.25, 0.3) is 10.0 Å². The monoisotopic (exact) mass is 365 g/mol. The zero-order valence-electron chi connectivity index (χ0n) is 13.3.